The van der Waals surface area contributed by atoms with E-state index < -0.39 is 9.05 Å². The third kappa shape index (κ3) is 2.56. The van der Waals surface area contributed by atoms with Crippen LogP contribution in [0.15, 0.2) is 23.1 Å². The topological polar surface area (TPSA) is 54.5 Å². The van der Waals surface area contributed by atoms with E-state index in [-0.39, 0.29) is 10.8 Å². The predicted octanol–water partition coefficient (Wildman–Crippen LogP) is 2.69. The highest BCUT2D eigenvalue weighted by atomic mass is 35.7. The summed E-state index contributed by atoms with van der Waals surface area (Å²) < 4.78 is 22.8. The van der Waals surface area contributed by atoms with Crippen LogP contribution in [-0.2, 0) is 20.3 Å². The van der Waals surface area contributed by atoms with Crippen LogP contribution in [0.1, 0.15) is 31.2 Å². The number of hydrogen-bond acceptors (Lipinski definition) is 3. The molecule has 0 spiro atoms. The molecule has 4 nitrogen and oxygen atoms in total. The molecule has 1 aliphatic heterocycles. The normalized spacial score (nSPS) is 19.6. The first-order chi connectivity index (χ1) is 9.45. The molecule has 2 aliphatic rings. The zero-order valence-corrected chi connectivity index (χ0v) is 12.6. The lowest BCUT2D eigenvalue weighted by Gasteiger charge is -2.35. The molecule has 6 heteroatoms. The molecule has 1 fully saturated rings. The second-order valence-corrected chi connectivity index (χ2v) is 8.10. The molecule has 108 valence electrons. The van der Waals surface area contributed by atoms with Crippen LogP contribution in [0.3, 0.4) is 0 Å². The Bertz CT molecular complexity index is 652. The van der Waals surface area contributed by atoms with Gasteiger partial charge in [0.05, 0.1) is 4.90 Å². The maximum Gasteiger partial charge on any atom is 0.261 e. The van der Waals surface area contributed by atoms with Gasteiger partial charge in [0, 0.05) is 29.3 Å². The number of carbonyl (C=O) groups excluding carboxylic acids is 1. The summed E-state index contributed by atoms with van der Waals surface area (Å²) in [5.41, 5.74) is 1.74. The molecule has 0 aromatic heterocycles. The second-order valence-electron chi connectivity index (χ2n) is 5.53. The van der Waals surface area contributed by atoms with Gasteiger partial charge in [-0.3, -0.25) is 4.79 Å². The number of rotatable bonds is 3. The van der Waals surface area contributed by atoms with E-state index in [4.69, 9.17) is 10.7 Å². The lowest BCUT2D eigenvalue weighted by atomic mass is 9.84. The highest BCUT2D eigenvalue weighted by Gasteiger charge is 2.29. The summed E-state index contributed by atoms with van der Waals surface area (Å²) >= 11 is 0. The van der Waals surface area contributed by atoms with E-state index in [1.54, 1.807) is 12.1 Å². The molecule has 1 aromatic carbocycles. The number of halogens is 1. The number of amides is 1. The molecule has 20 heavy (non-hydrogen) atoms. The van der Waals surface area contributed by atoms with Crippen molar-refractivity contribution in [3.63, 3.8) is 0 Å². The molecule has 0 atom stereocenters. The fourth-order valence-corrected chi connectivity index (χ4v) is 3.62. The fourth-order valence-electron chi connectivity index (χ4n) is 2.82. The van der Waals surface area contributed by atoms with Gasteiger partial charge in [0.1, 0.15) is 0 Å². The van der Waals surface area contributed by atoms with E-state index >= 15 is 0 Å². The van der Waals surface area contributed by atoms with E-state index in [2.05, 4.69) is 0 Å². The zero-order chi connectivity index (χ0) is 14.3. The van der Waals surface area contributed by atoms with Crippen LogP contribution in [0.5, 0.6) is 0 Å². The average Bonchev–Trinajstić information content (AvgIpc) is 2.34. The molecule has 1 aromatic rings. The van der Waals surface area contributed by atoms with Gasteiger partial charge in [-0.05, 0) is 48.9 Å². The van der Waals surface area contributed by atoms with Crippen molar-refractivity contribution >= 4 is 31.3 Å². The smallest absolute Gasteiger partial charge is 0.261 e. The van der Waals surface area contributed by atoms with Crippen molar-refractivity contribution in [1.82, 2.24) is 0 Å². The highest BCUT2D eigenvalue weighted by Crippen LogP contribution is 2.34. The maximum atomic E-state index is 12.1. The van der Waals surface area contributed by atoms with Gasteiger partial charge in [-0.1, -0.05) is 6.42 Å². The first-order valence-electron chi connectivity index (χ1n) is 6.83. The molecule has 1 aliphatic carbocycles. The molecule has 0 radical (unpaired) electrons. The summed E-state index contributed by atoms with van der Waals surface area (Å²) in [7, 11) is 1.66. The molecule has 1 saturated carbocycles. The van der Waals surface area contributed by atoms with E-state index in [0.29, 0.717) is 18.8 Å². The third-order valence-corrected chi connectivity index (χ3v) is 5.55. The van der Waals surface area contributed by atoms with Gasteiger partial charge >= 0.3 is 0 Å². The summed E-state index contributed by atoms with van der Waals surface area (Å²) in [6.45, 7) is 0.749. The summed E-state index contributed by atoms with van der Waals surface area (Å²) in [5, 5.41) is 0. The highest BCUT2D eigenvalue weighted by molar-refractivity contribution is 8.13. The predicted molar refractivity (Wildman–Crippen MR) is 77.5 cm³/mol. The van der Waals surface area contributed by atoms with Crippen LogP contribution < -0.4 is 4.90 Å². The number of hydrogen-bond donors (Lipinski definition) is 0. The average molecular weight is 314 g/mol. The summed E-state index contributed by atoms with van der Waals surface area (Å²) in [6.07, 6.45) is 4.60. The first-order valence-corrected chi connectivity index (χ1v) is 9.14. The number of aryl methyl sites for hydroxylation is 1. The number of fused-ring (bicyclic) bond motifs is 1. The van der Waals surface area contributed by atoms with Crippen LogP contribution in [0, 0.1) is 5.92 Å². The van der Waals surface area contributed by atoms with E-state index in [1.807, 2.05) is 4.90 Å². The van der Waals surface area contributed by atoms with Crippen molar-refractivity contribution in [2.45, 2.75) is 37.0 Å². The van der Waals surface area contributed by atoms with Crippen molar-refractivity contribution in [2.24, 2.45) is 5.92 Å². The first kappa shape index (κ1) is 13.9. The lowest BCUT2D eigenvalue weighted by Crippen LogP contribution is -2.40. The van der Waals surface area contributed by atoms with Crippen LogP contribution in [0.4, 0.5) is 5.69 Å². The second kappa shape index (κ2) is 5.04. The Morgan fingerprint density at radius 2 is 2.00 bits per heavy atom. The van der Waals surface area contributed by atoms with Gasteiger partial charge in [-0.2, -0.15) is 0 Å². The minimum atomic E-state index is -3.72. The molecule has 0 bridgehead atoms. The van der Waals surface area contributed by atoms with Crippen molar-refractivity contribution in [3.8, 4) is 0 Å². The number of benzene rings is 1. The molecule has 0 N–H and O–H groups in total. The Labute approximate surface area is 123 Å². The van der Waals surface area contributed by atoms with Gasteiger partial charge in [-0.15, -0.1) is 0 Å². The van der Waals surface area contributed by atoms with Gasteiger partial charge < -0.3 is 4.90 Å². The van der Waals surface area contributed by atoms with Crippen molar-refractivity contribution < 1.29 is 13.2 Å². The third-order valence-electron chi connectivity index (χ3n) is 4.20. The van der Waals surface area contributed by atoms with E-state index in [1.165, 1.54) is 25.3 Å². The molecule has 3 rings (SSSR count). The van der Waals surface area contributed by atoms with Gasteiger partial charge in [0.15, 0.2) is 0 Å². The summed E-state index contributed by atoms with van der Waals surface area (Å²) in [4.78, 5) is 14.0. The fraction of sp³-hybridized carbons (Fsp3) is 0.500. The molecule has 1 amide bonds. The van der Waals surface area contributed by atoms with Crippen molar-refractivity contribution in [3.05, 3.63) is 23.8 Å². The van der Waals surface area contributed by atoms with Gasteiger partial charge in [0.2, 0.25) is 5.91 Å². The minimum absolute atomic E-state index is 0.107. The van der Waals surface area contributed by atoms with Crippen molar-refractivity contribution in [1.29, 1.82) is 0 Å². The lowest BCUT2D eigenvalue weighted by molar-refractivity contribution is -0.119. The SMILES string of the molecule is O=C1CCc2cc(S(=O)(=O)Cl)ccc2N1CC1CCC1. The Morgan fingerprint density at radius 1 is 1.25 bits per heavy atom. The van der Waals surface area contributed by atoms with Gasteiger partial charge in [0.25, 0.3) is 9.05 Å². The quantitative estimate of drug-likeness (QED) is 0.806. The van der Waals surface area contributed by atoms with Gasteiger partial charge in [-0.25, -0.2) is 8.42 Å². The van der Waals surface area contributed by atoms with E-state index in [0.717, 1.165) is 17.8 Å². The Hall–Kier alpha value is -1.07. The van der Waals surface area contributed by atoms with Crippen LogP contribution in [-0.4, -0.2) is 20.9 Å². The zero-order valence-electron chi connectivity index (χ0n) is 11.0. The number of nitrogens with zero attached hydrogens (tertiary/aromatic N) is 1. The summed E-state index contributed by atoms with van der Waals surface area (Å²) in [6, 6.07) is 4.78. The molecular weight excluding hydrogens is 298 g/mol. The monoisotopic (exact) mass is 313 g/mol. The molecular formula is C14H16ClNO3S. The van der Waals surface area contributed by atoms with Crippen molar-refractivity contribution in [2.75, 3.05) is 11.4 Å². The molecule has 1 heterocycles. The van der Waals surface area contributed by atoms with E-state index in [9.17, 15) is 13.2 Å². The standard InChI is InChI=1S/C14H16ClNO3S/c15-20(18,19)12-5-6-13-11(8-12)4-7-14(17)16(13)9-10-2-1-3-10/h5-6,8,10H,1-4,7,9H2. The largest absolute Gasteiger partial charge is 0.312 e. The van der Waals surface area contributed by atoms with Crippen LogP contribution in [0.25, 0.3) is 0 Å². The Morgan fingerprint density at radius 3 is 2.60 bits per heavy atom. The Kier molecular flexibility index (Phi) is 3.50. The minimum Gasteiger partial charge on any atom is -0.312 e. The van der Waals surface area contributed by atoms with Crippen LogP contribution in [0.2, 0.25) is 0 Å². The summed E-state index contributed by atoms with van der Waals surface area (Å²) in [5.74, 6) is 0.715. The molecule has 0 saturated heterocycles. The number of anilines is 1. The number of carbonyl (C=O) groups is 1. The maximum absolute atomic E-state index is 12.1. The molecule has 0 unspecified atom stereocenters. The van der Waals surface area contributed by atoms with Crippen LogP contribution >= 0.6 is 10.7 Å². The Balaban J connectivity index is 1.94.